The molecule has 1 aromatic carbocycles. The van der Waals surface area contributed by atoms with Gasteiger partial charge < -0.3 is 15.2 Å². The molecule has 186 valence electrons. The molecule has 3 N–H and O–H groups in total. The Balaban J connectivity index is 1.56. The van der Waals surface area contributed by atoms with Gasteiger partial charge in [0.2, 0.25) is 27.7 Å². The number of hydrogen-bond acceptors (Lipinski definition) is 7. The van der Waals surface area contributed by atoms with Crippen LogP contribution < -0.4 is 15.4 Å². The number of hydrogen-bond donors (Lipinski definition) is 3. The van der Waals surface area contributed by atoms with Crippen molar-refractivity contribution in [1.82, 2.24) is 15.5 Å². The number of carbonyl (C=O) groups is 2. The number of aromatic nitrogens is 2. The van der Waals surface area contributed by atoms with Crippen LogP contribution in [-0.2, 0) is 31.6 Å². The monoisotopic (exact) mass is 491 g/mol. The number of benzene rings is 1. The van der Waals surface area contributed by atoms with Crippen LogP contribution in [0.25, 0.3) is 0 Å². The Bertz CT molecular complexity index is 1070. The highest BCUT2D eigenvalue weighted by molar-refractivity contribution is 7.92. The Labute approximate surface area is 200 Å². The third-order valence-corrected chi connectivity index (χ3v) is 7.24. The van der Waals surface area contributed by atoms with E-state index in [-0.39, 0.29) is 30.4 Å². The molecule has 1 fully saturated rings. The zero-order valence-corrected chi connectivity index (χ0v) is 20.5. The number of anilines is 2. The molecule has 0 saturated heterocycles. The van der Waals surface area contributed by atoms with Crippen LogP contribution in [0.15, 0.2) is 28.8 Å². The van der Waals surface area contributed by atoms with Crippen molar-refractivity contribution in [3.8, 4) is 0 Å². The molecule has 0 spiro atoms. The second-order valence-corrected chi connectivity index (χ2v) is 10.6. The van der Waals surface area contributed by atoms with Crippen molar-refractivity contribution in [1.29, 1.82) is 0 Å². The van der Waals surface area contributed by atoms with Crippen LogP contribution in [0.2, 0.25) is 0 Å². The van der Waals surface area contributed by atoms with E-state index in [0.717, 1.165) is 38.5 Å². The zero-order chi connectivity index (χ0) is 24.6. The second-order valence-electron chi connectivity index (χ2n) is 8.74. The molecule has 0 aliphatic heterocycles. The Morgan fingerprint density at radius 1 is 1.06 bits per heavy atom. The quantitative estimate of drug-likeness (QED) is 0.432. The van der Waals surface area contributed by atoms with Gasteiger partial charge in [-0.3, -0.25) is 14.3 Å². The van der Waals surface area contributed by atoms with Crippen LogP contribution in [0.5, 0.6) is 0 Å². The molecule has 11 heteroatoms. The largest absolute Gasteiger partial charge is 0.343 e. The molecule has 0 atom stereocenters. The summed E-state index contributed by atoms with van der Waals surface area (Å²) in [7, 11) is -3.36. The molecule has 1 heterocycles. The fraction of sp³-hybridized carbons (Fsp3) is 0.565. The van der Waals surface area contributed by atoms with Crippen molar-refractivity contribution < 1.29 is 22.5 Å². The van der Waals surface area contributed by atoms with Crippen LogP contribution in [0.1, 0.15) is 76.9 Å². The van der Waals surface area contributed by atoms with E-state index in [9.17, 15) is 18.0 Å². The lowest BCUT2D eigenvalue weighted by molar-refractivity contribution is -0.121. The van der Waals surface area contributed by atoms with E-state index in [4.69, 9.17) is 4.52 Å². The first kappa shape index (κ1) is 25.7. The summed E-state index contributed by atoms with van der Waals surface area (Å²) >= 11 is 0. The average Bonchev–Trinajstić information content (AvgIpc) is 3.13. The summed E-state index contributed by atoms with van der Waals surface area (Å²) in [5, 5.41) is 9.95. The maximum Gasteiger partial charge on any atom is 0.232 e. The Hall–Kier alpha value is -2.95. The van der Waals surface area contributed by atoms with Gasteiger partial charge in [0.15, 0.2) is 5.82 Å². The second kappa shape index (κ2) is 11.5. The molecule has 0 bridgehead atoms. The van der Waals surface area contributed by atoms with Crippen LogP contribution in [-0.4, -0.2) is 36.1 Å². The standard InChI is InChI=1S/C23H33N5O5S/c1-3-16-34(31,32)28-19-10-8-18(9-11-19)24-20(30)12-13-21-25-22(27-33-21)23(26-17(2)29)14-6-4-5-7-15-23/h8-11,28H,3-7,12-16H2,1-2H3,(H,24,30)(H,26,29). The molecule has 3 rings (SSSR count). The number of aryl methyl sites for hydroxylation is 1. The normalized spacial score (nSPS) is 15.8. The molecule has 1 aliphatic rings. The van der Waals surface area contributed by atoms with Gasteiger partial charge in [-0.1, -0.05) is 37.8 Å². The van der Waals surface area contributed by atoms with Gasteiger partial charge in [-0.05, 0) is 43.5 Å². The summed E-state index contributed by atoms with van der Waals surface area (Å²) in [4.78, 5) is 28.7. The van der Waals surface area contributed by atoms with Gasteiger partial charge in [0, 0.05) is 31.1 Å². The summed E-state index contributed by atoms with van der Waals surface area (Å²) in [5.74, 6) is 0.511. The minimum atomic E-state index is -3.36. The Morgan fingerprint density at radius 3 is 2.32 bits per heavy atom. The van der Waals surface area contributed by atoms with E-state index in [0.29, 0.717) is 29.5 Å². The number of sulfonamides is 1. The van der Waals surface area contributed by atoms with Crippen LogP contribution in [0.3, 0.4) is 0 Å². The average molecular weight is 492 g/mol. The van der Waals surface area contributed by atoms with E-state index in [1.165, 1.54) is 6.92 Å². The van der Waals surface area contributed by atoms with Gasteiger partial charge in [0.25, 0.3) is 0 Å². The molecule has 0 radical (unpaired) electrons. The lowest BCUT2D eigenvalue weighted by Gasteiger charge is -2.30. The molecule has 2 aromatic rings. The van der Waals surface area contributed by atoms with E-state index < -0.39 is 15.6 Å². The fourth-order valence-corrected chi connectivity index (χ4v) is 5.32. The SMILES string of the molecule is CCCS(=O)(=O)Nc1ccc(NC(=O)CCc2nc(C3(NC(C)=O)CCCCCC3)no2)cc1. The van der Waals surface area contributed by atoms with Gasteiger partial charge >= 0.3 is 0 Å². The fourth-order valence-electron chi connectivity index (χ4n) is 4.19. The zero-order valence-electron chi connectivity index (χ0n) is 19.7. The number of nitrogens with one attached hydrogen (secondary N) is 3. The molecule has 10 nitrogen and oxygen atoms in total. The third kappa shape index (κ3) is 7.28. The highest BCUT2D eigenvalue weighted by Gasteiger charge is 2.38. The first-order chi connectivity index (χ1) is 16.2. The smallest absolute Gasteiger partial charge is 0.232 e. The minimum absolute atomic E-state index is 0.0504. The molecule has 2 amide bonds. The predicted molar refractivity (Wildman–Crippen MR) is 129 cm³/mol. The number of rotatable bonds is 10. The number of nitrogens with zero attached hydrogens (tertiary/aromatic N) is 2. The Morgan fingerprint density at radius 2 is 1.71 bits per heavy atom. The molecule has 1 saturated carbocycles. The minimum Gasteiger partial charge on any atom is -0.343 e. The van der Waals surface area contributed by atoms with Crippen LogP contribution in [0.4, 0.5) is 11.4 Å². The predicted octanol–water partition coefficient (Wildman–Crippen LogP) is 3.48. The Kier molecular flexibility index (Phi) is 8.65. The number of amides is 2. The molecule has 34 heavy (non-hydrogen) atoms. The molecular formula is C23H33N5O5S. The van der Waals surface area contributed by atoms with Gasteiger partial charge in [-0.15, -0.1) is 0 Å². The van der Waals surface area contributed by atoms with Crippen LogP contribution >= 0.6 is 0 Å². The first-order valence-corrected chi connectivity index (χ1v) is 13.4. The molecule has 0 unspecified atom stereocenters. The maximum absolute atomic E-state index is 12.4. The van der Waals surface area contributed by atoms with E-state index in [1.807, 2.05) is 0 Å². The lowest BCUT2D eigenvalue weighted by atomic mass is 9.89. The topological polar surface area (TPSA) is 143 Å². The summed E-state index contributed by atoms with van der Waals surface area (Å²) in [6, 6.07) is 6.47. The van der Waals surface area contributed by atoms with Gasteiger partial charge in [-0.25, -0.2) is 8.42 Å². The van der Waals surface area contributed by atoms with E-state index in [2.05, 4.69) is 25.5 Å². The number of carbonyl (C=O) groups excluding carboxylic acids is 2. The molecule has 1 aromatic heterocycles. The van der Waals surface area contributed by atoms with Gasteiger partial charge in [0.05, 0.1) is 5.75 Å². The molecular weight excluding hydrogens is 458 g/mol. The lowest BCUT2D eigenvalue weighted by Crippen LogP contribution is -2.45. The van der Waals surface area contributed by atoms with Crippen molar-refractivity contribution >= 4 is 33.2 Å². The van der Waals surface area contributed by atoms with Crippen molar-refractivity contribution in [2.24, 2.45) is 0 Å². The molecule has 1 aliphatic carbocycles. The van der Waals surface area contributed by atoms with E-state index >= 15 is 0 Å². The first-order valence-electron chi connectivity index (χ1n) is 11.7. The highest BCUT2D eigenvalue weighted by Crippen LogP contribution is 2.34. The van der Waals surface area contributed by atoms with Crippen molar-refractivity contribution in [3.63, 3.8) is 0 Å². The summed E-state index contributed by atoms with van der Waals surface area (Å²) in [5.41, 5.74) is 0.376. The third-order valence-electron chi connectivity index (χ3n) is 5.75. The van der Waals surface area contributed by atoms with Crippen molar-refractivity contribution in [2.75, 3.05) is 15.8 Å². The van der Waals surface area contributed by atoms with E-state index in [1.54, 1.807) is 31.2 Å². The maximum atomic E-state index is 12.4. The van der Waals surface area contributed by atoms with Gasteiger partial charge in [-0.2, -0.15) is 4.98 Å². The summed E-state index contributed by atoms with van der Waals surface area (Å²) in [6.07, 6.45) is 6.63. The highest BCUT2D eigenvalue weighted by atomic mass is 32.2. The van der Waals surface area contributed by atoms with Gasteiger partial charge in [0.1, 0.15) is 5.54 Å². The summed E-state index contributed by atoms with van der Waals surface area (Å²) in [6.45, 7) is 3.29. The van der Waals surface area contributed by atoms with Crippen LogP contribution in [0, 0.1) is 0 Å². The van der Waals surface area contributed by atoms with Crippen molar-refractivity contribution in [2.45, 2.75) is 77.2 Å². The summed E-state index contributed by atoms with van der Waals surface area (Å²) < 4.78 is 31.6. The van der Waals surface area contributed by atoms with Crippen molar-refractivity contribution in [3.05, 3.63) is 36.0 Å².